The molecule has 0 saturated carbocycles. The Morgan fingerprint density at radius 1 is 1.30 bits per heavy atom. The summed E-state index contributed by atoms with van der Waals surface area (Å²) in [7, 11) is 0. The Morgan fingerprint density at radius 3 is 2.40 bits per heavy atom. The number of carbonyl (C=O) groups is 1. The molecule has 5 nitrogen and oxygen atoms in total. The van der Waals surface area contributed by atoms with Crippen molar-refractivity contribution in [1.82, 2.24) is 10.2 Å². The van der Waals surface area contributed by atoms with Gasteiger partial charge in [0.2, 0.25) is 0 Å². The molecule has 1 fully saturated rings. The average molecular weight is 286 g/mol. The third-order valence-corrected chi connectivity index (χ3v) is 3.10. The highest BCUT2D eigenvalue weighted by atomic mass is 16.6. The Kier molecular flexibility index (Phi) is 6.76. The van der Waals surface area contributed by atoms with Crippen LogP contribution in [0.3, 0.4) is 0 Å². The number of rotatable bonds is 5. The second-order valence-electron chi connectivity index (χ2n) is 6.65. The van der Waals surface area contributed by atoms with Gasteiger partial charge in [-0.2, -0.15) is 0 Å². The first-order chi connectivity index (χ1) is 9.28. The Labute approximate surface area is 123 Å². The lowest BCUT2D eigenvalue weighted by molar-refractivity contribution is -0.0106. The second-order valence-corrected chi connectivity index (χ2v) is 6.65. The van der Waals surface area contributed by atoms with Gasteiger partial charge >= 0.3 is 6.09 Å². The topological polar surface area (TPSA) is 50.8 Å². The van der Waals surface area contributed by atoms with E-state index in [-0.39, 0.29) is 12.2 Å². The van der Waals surface area contributed by atoms with E-state index in [0.717, 1.165) is 39.1 Å². The van der Waals surface area contributed by atoms with Crippen LogP contribution >= 0.6 is 0 Å². The molecule has 5 heteroatoms. The van der Waals surface area contributed by atoms with Gasteiger partial charge in [-0.25, -0.2) is 4.79 Å². The van der Waals surface area contributed by atoms with Crippen LogP contribution in [0.2, 0.25) is 0 Å². The summed E-state index contributed by atoms with van der Waals surface area (Å²) in [6.07, 6.45) is 1.84. The summed E-state index contributed by atoms with van der Waals surface area (Å²) >= 11 is 0. The van der Waals surface area contributed by atoms with Gasteiger partial charge in [-0.15, -0.1) is 0 Å². The third kappa shape index (κ3) is 7.10. The number of amides is 1. The number of nitrogens with one attached hydrogen (secondary N) is 1. The third-order valence-electron chi connectivity index (χ3n) is 3.10. The zero-order valence-corrected chi connectivity index (χ0v) is 13.6. The van der Waals surface area contributed by atoms with E-state index in [0.29, 0.717) is 6.04 Å². The normalized spacial score (nSPS) is 17.6. The van der Waals surface area contributed by atoms with E-state index in [1.54, 1.807) is 4.90 Å². The van der Waals surface area contributed by atoms with Gasteiger partial charge < -0.3 is 19.7 Å². The van der Waals surface area contributed by atoms with Gasteiger partial charge in [0.15, 0.2) is 0 Å². The van der Waals surface area contributed by atoms with E-state index < -0.39 is 5.60 Å². The van der Waals surface area contributed by atoms with Crippen LogP contribution in [0.5, 0.6) is 0 Å². The van der Waals surface area contributed by atoms with Gasteiger partial charge in [0.1, 0.15) is 5.60 Å². The lowest BCUT2D eigenvalue weighted by atomic mass is 10.1. The van der Waals surface area contributed by atoms with Crippen molar-refractivity contribution in [2.75, 3.05) is 26.2 Å². The summed E-state index contributed by atoms with van der Waals surface area (Å²) in [6, 6.07) is 0.493. The summed E-state index contributed by atoms with van der Waals surface area (Å²) in [5.74, 6) is 0. The van der Waals surface area contributed by atoms with Gasteiger partial charge in [0.25, 0.3) is 0 Å². The fraction of sp³-hybridized carbons (Fsp3) is 0.933. The van der Waals surface area contributed by atoms with Crippen molar-refractivity contribution in [2.45, 2.75) is 65.2 Å². The van der Waals surface area contributed by atoms with E-state index in [1.807, 2.05) is 20.8 Å². The lowest BCUT2D eigenvalue weighted by Crippen LogP contribution is -2.43. The standard InChI is InChI=1S/C15H30N2O3/c1-12(2)16-8-11-19-13-6-9-17(10-7-13)14(18)20-15(3,4)5/h12-13,16H,6-11H2,1-5H3. The number of hydrogen-bond acceptors (Lipinski definition) is 4. The summed E-state index contributed by atoms with van der Waals surface area (Å²) in [6.45, 7) is 13.0. The minimum Gasteiger partial charge on any atom is -0.444 e. The Morgan fingerprint density at radius 2 is 1.90 bits per heavy atom. The van der Waals surface area contributed by atoms with Crippen LogP contribution in [-0.4, -0.2) is 55.0 Å². The molecular formula is C15H30N2O3. The number of likely N-dealkylation sites (tertiary alicyclic amines) is 1. The highest BCUT2D eigenvalue weighted by Crippen LogP contribution is 2.17. The Bertz CT molecular complexity index is 292. The predicted octanol–water partition coefficient (Wildman–Crippen LogP) is 2.40. The molecule has 1 heterocycles. The molecule has 0 aromatic carbocycles. The van der Waals surface area contributed by atoms with Gasteiger partial charge in [0, 0.05) is 25.7 Å². The van der Waals surface area contributed by atoms with E-state index in [2.05, 4.69) is 19.2 Å². The van der Waals surface area contributed by atoms with Crippen molar-refractivity contribution in [3.8, 4) is 0 Å². The molecule has 20 heavy (non-hydrogen) atoms. The fourth-order valence-electron chi connectivity index (χ4n) is 2.10. The predicted molar refractivity (Wildman–Crippen MR) is 79.9 cm³/mol. The monoisotopic (exact) mass is 286 g/mol. The van der Waals surface area contributed by atoms with Gasteiger partial charge in [-0.3, -0.25) is 0 Å². The highest BCUT2D eigenvalue weighted by Gasteiger charge is 2.26. The molecular weight excluding hydrogens is 256 g/mol. The molecule has 0 aliphatic carbocycles. The minimum atomic E-state index is -0.424. The van der Waals surface area contributed by atoms with Gasteiger partial charge in [-0.1, -0.05) is 13.8 Å². The molecule has 1 saturated heterocycles. The van der Waals surface area contributed by atoms with Gasteiger partial charge in [-0.05, 0) is 33.6 Å². The van der Waals surface area contributed by atoms with Crippen LogP contribution in [-0.2, 0) is 9.47 Å². The molecule has 0 atom stereocenters. The minimum absolute atomic E-state index is 0.211. The summed E-state index contributed by atoms with van der Waals surface area (Å²) < 4.78 is 11.2. The smallest absolute Gasteiger partial charge is 0.410 e. The molecule has 1 aliphatic heterocycles. The van der Waals surface area contributed by atoms with E-state index in [1.165, 1.54) is 0 Å². The zero-order valence-electron chi connectivity index (χ0n) is 13.6. The number of carbonyl (C=O) groups excluding carboxylic acids is 1. The molecule has 1 rings (SSSR count). The van der Waals surface area contributed by atoms with Crippen LogP contribution in [0, 0.1) is 0 Å². The molecule has 0 bridgehead atoms. The molecule has 0 unspecified atom stereocenters. The molecule has 0 aromatic rings. The van der Waals surface area contributed by atoms with Crippen molar-refractivity contribution in [3.63, 3.8) is 0 Å². The molecule has 118 valence electrons. The van der Waals surface area contributed by atoms with E-state index >= 15 is 0 Å². The molecule has 0 spiro atoms. The first-order valence-corrected chi connectivity index (χ1v) is 7.61. The first-order valence-electron chi connectivity index (χ1n) is 7.61. The first kappa shape index (κ1) is 17.2. The van der Waals surface area contributed by atoms with Crippen molar-refractivity contribution in [1.29, 1.82) is 0 Å². The van der Waals surface area contributed by atoms with Crippen molar-refractivity contribution >= 4 is 6.09 Å². The Hall–Kier alpha value is -0.810. The average Bonchev–Trinajstić information content (AvgIpc) is 2.33. The lowest BCUT2D eigenvalue weighted by Gasteiger charge is -2.33. The Balaban J connectivity index is 2.18. The number of ether oxygens (including phenoxy) is 2. The highest BCUT2D eigenvalue weighted by molar-refractivity contribution is 5.68. The summed E-state index contributed by atoms with van der Waals surface area (Å²) in [4.78, 5) is 13.7. The quantitative estimate of drug-likeness (QED) is 0.789. The summed E-state index contributed by atoms with van der Waals surface area (Å²) in [5, 5.41) is 3.33. The second kappa shape index (κ2) is 7.84. The molecule has 1 amide bonds. The van der Waals surface area contributed by atoms with Crippen LogP contribution in [0.15, 0.2) is 0 Å². The van der Waals surface area contributed by atoms with Crippen molar-refractivity contribution in [3.05, 3.63) is 0 Å². The maximum absolute atomic E-state index is 11.9. The van der Waals surface area contributed by atoms with E-state index in [9.17, 15) is 4.79 Å². The summed E-state index contributed by atoms with van der Waals surface area (Å²) in [5.41, 5.74) is -0.424. The van der Waals surface area contributed by atoms with E-state index in [4.69, 9.17) is 9.47 Å². The number of piperidine rings is 1. The van der Waals surface area contributed by atoms with Crippen LogP contribution in [0.25, 0.3) is 0 Å². The molecule has 0 aromatic heterocycles. The zero-order chi connectivity index (χ0) is 15.2. The maximum Gasteiger partial charge on any atom is 0.410 e. The fourth-order valence-corrected chi connectivity index (χ4v) is 2.10. The van der Waals surface area contributed by atoms with Crippen LogP contribution in [0.4, 0.5) is 4.79 Å². The largest absolute Gasteiger partial charge is 0.444 e. The molecule has 0 radical (unpaired) electrons. The van der Waals surface area contributed by atoms with Gasteiger partial charge in [0.05, 0.1) is 12.7 Å². The molecule has 1 aliphatic rings. The van der Waals surface area contributed by atoms with Crippen LogP contribution < -0.4 is 5.32 Å². The van der Waals surface area contributed by atoms with Crippen LogP contribution in [0.1, 0.15) is 47.5 Å². The number of nitrogens with zero attached hydrogens (tertiary/aromatic N) is 1. The SMILES string of the molecule is CC(C)NCCOC1CCN(C(=O)OC(C)(C)C)CC1. The number of hydrogen-bond donors (Lipinski definition) is 1. The van der Waals surface area contributed by atoms with Crippen molar-refractivity contribution < 1.29 is 14.3 Å². The van der Waals surface area contributed by atoms with Crippen molar-refractivity contribution in [2.24, 2.45) is 0 Å². The maximum atomic E-state index is 11.9. The molecule has 1 N–H and O–H groups in total.